The normalized spacial score (nSPS) is 12.9. The highest BCUT2D eigenvalue weighted by atomic mass is 35.5. The summed E-state index contributed by atoms with van der Waals surface area (Å²) in [5.41, 5.74) is -0.232. The molecule has 0 bridgehead atoms. The lowest BCUT2D eigenvalue weighted by Crippen LogP contribution is -2.14. The van der Waals surface area contributed by atoms with Crippen molar-refractivity contribution in [3.05, 3.63) is 54.3 Å². The fourth-order valence-electron chi connectivity index (χ4n) is 1.57. The van der Waals surface area contributed by atoms with Gasteiger partial charge in [0.05, 0.1) is 16.5 Å². The third-order valence-corrected chi connectivity index (χ3v) is 5.58. The van der Waals surface area contributed by atoms with Gasteiger partial charge < -0.3 is 0 Å². The van der Waals surface area contributed by atoms with Gasteiger partial charge in [-0.3, -0.25) is 4.72 Å². The molecule has 21 heavy (non-hydrogen) atoms. The van der Waals surface area contributed by atoms with Crippen molar-refractivity contribution >= 4 is 38.1 Å². The number of sulfonamides is 1. The van der Waals surface area contributed by atoms with Gasteiger partial charge in [0.2, 0.25) is 10.0 Å². The highest BCUT2D eigenvalue weighted by Crippen LogP contribution is 2.22. The molecule has 2 aromatic rings. The third-order valence-electron chi connectivity index (χ3n) is 2.52. The summed E-state index contributed by atoms with van der Waals surface area (Å²) >= 11 is 5.24. The molecule has 0 aliphatic carbocycles. The van der Waals surface area contributed by atoms with E-state index in [0.29, 0.717) is 4.90 Å². The average Bonchev–Trinajstić information content (AvgIpc) is 2.49. The van der Waals surface area contributed by atoms with Gasteiger partial charge in [-0.05, 0) is 30.3 Å². The second-order valence-corrected chi connectivity index (χ2v) is 7.84. The van der Waals surface area contributed by atoms with Crippen LogP contribution in [-0.4, -0.2) is 17.8 Å². The Morgan fingerprint density at radius 3 is 2.33 bits per heavy atom. The summed E-state index contributed by atoms with van der Waals surface area (Å²) in [6, 6.07) is 12.2. The molecule has 2 aromatic carbocycles. The number of rotatable bonds is 5. The van der Waals surface area contributed by atoms with Crippen molar-refractivity contribution in [3.8, 4) is 0 Å². The zero-order valence-electron chi connectivity index (χ0n) is 10.6. The minimum absolute atomic E-state index is 0.232. The molecule has 0 spiro atoms. The molecule has 0 radical (unpaired) electrons. The smallest absolute Gasteiger partial charge is 0.246 e. The van der Waals surface area contributed by atoms with E-state index in [4.69, 9.17) is 11.6 Å². The van der Waals surface area contributed by atoms with Crippen LogP contribution in [0.25, 0.3) is 0 Å². The lowest BCUT2D eigenvalue weighted by Gasteiger charge is -2.08. The quantitative estimate of drug-likeness (QED) is 0.846. The van der Waals surface area contributed by atoms with E-state index in [1.165, 1.54) is 12.1 Å². The van der Waals surface area contributed by atoms with Crippen LogP contribution in [0.15, 0.2) is 58.3 Å². The Kier molecular flexibility index (Phi) is 4.97. The second-order valence-electron chi connectivity index (χ2n) is 4.05. The van der Waals surface area contributed by atoms with Gasteiger partial charge in [0.25, 0.3) is 0 Å². The maximum absolute atomic E-state index is 13.9. The number of halogens is 2. The maximum Gasteiger partial charge on any atom is 0.246 e. The molecular formula is C13H11ClFNO3S2. The SMILES string of the molecule is O=S(c1ccccc1)c1ccc(NS(=O)(=O)CCl)c(F)c1. The van der Waals surface area contributed by atoms with Crippen LogP contribution < -0.4 is 4.72 Å². The van der Waals surface area contributed by atoms with Crippen LogP contribution in [0.3, 0.4) is 0 Å². The topological polar surface area (TPSA) is 63.2 Å². The Labute approximate surface area is 129 Å². The molecule has 0 saturated heterocycles. The van der Waals surface area contributed by atoms with Crippen LogP contribution in [-0.2, 0) is 20.8 Å². The van der Waals surface area contributed by atoms with Crippen molar-refractivity contribution < 1.29 is 17.0 Å². The van der Waals surface area contributed by atoms with Crippen molar-refractivity contribution in [2.45, 2.75) is 9.79 Å². The summed E-state index contributed by atoms with van der Waals surface area (Å²) in [7, 11) is -5.31. The van der Waals surface area contributed by atoms with Gasteiger partial charge in [0.15, 0.2) is 0 Å². The van der Waals surface area contributed by atoms with Gasteiger partial charge in [-0.2, -0.15) is 0 Å². The zero-order valence-corrected chi connectivity index (χ0v) is 13.0. The largest absolute Gasteiger partial charge is 0.280 e. The molecule has 8 heteroatoms. The first-order valence-electron chi connectivity index (χ1n) is 5.76. The first-order chi connectivity index (χ1) is 9.93. The van der Waals surface area contributed by atoms with Gasteiger partial charge in [-0.15, -0.1) is 11.6 Å². The van der Waals surface area contributed by atoms with E-state index < -0.39 is 31.9 Å². The molecule has 2 rings (SSSR count). The number of hydrogen-bond donors (Lipinski definition) is 1. The number of nitrogens with one attached hydrogen (secondary N) is 1. The zero-order chi connectivity index (χ0) is 15.5. The molecular weight excluding hydrogens is 337 g/mol. The van der Waals surface area contributed by atoms with E-state index in [2.05, 4.69) is 0 Å². The number of benzene rings is 2. The molecule has 4 nitrogen and oxygen atoms in total. The Morgan fingerprint density at radius 1 is 1.10 bits per heavy atom. The van der Waals surface area contributed by atoms with Gasteiger partial charge >= 0.3 is 0 Å². The minimum Gasteiger partial charge on any atom is -0.280 e. The van der Waals surface area contributed by atoms with Crippen LogP contribution in [0, 0.1) is 5.82 Å². The van der Waals surface area contributed by atoms with Crippen LogP contribution >= 0.6 is 11.6 Å². The molecule has 0 aliphatic heterocycles. The lowest BCUT2D eigenvalue weighted by molar-refractivity contribution is 0.602. The predicted octanol–water partition coefficient (Wildman–Crippen LogP) is 2.93. The summed E-state index contributed by atoms with van der Waals surface area (Å²) in [5.74, 6) is -0.814. The van der Waals surface area contributed by atoms with Gasteiger partial charge in [-0.25, -0.2) is 17.0 Å². The standard InChI is InChI=1S/C13H11ClFNO3S2/c14-9-21(18,19)16-13-7-6-11(8-12(13)15)20(17)10-4-2-1-3-5-10/h1-8,16H,9H2. The van der Waals surface area contributed by atoms with Gasteiger partial charge in [0, 0.05) is 9.79 Å². The maximum atomic E-state index is 13.9. The van der Waals surface area contributed by atoms with Crippen molar-refractivity contribution in [2.75, 3.05) is 9.93 Å². The summed E-state index contributed by atoms with van der Waals surface area (Å²) in [4.78, 5) is 0.776. The van der Waals surface area contributed by atoms with E-state index in [1.54, 1.807) is 30.3 Å². The number of anilines is 1. The fraction of sp³-hybridized carbons (Fsp3) is 0.0769. The Hall–Kier alpha value is -1.44. The van der Waals surface area contributed by atoms with E-state index in [-0.39, 0.29) is 10.6 Å². The summed E-state index contributed by atoms with van der Waals surface area (Å²) in [5, 5.41) is -0.676. The van der Waals surface area contributed by atoms with E-state index in [0.717, 1.165) is 6.07 Å². The molecule has 0 aliphatic rings. The van der Waals surface area contributed by atoms with Crippen LogP contribution in [0.1, 0.15) is 0 Å². The van der Waals surface area contributed by atoms with Crippen molar-refractivity contribution in [3.63, 3.8) is 0 Å². The first-order valence-corrected chi connectivity index (χ1v) is 9.09. The Bertz CT molecular complexity index is 766. The molecule has 1 N–H and O–H groups in total. The first kappa shape index (κ1) is 15.9. The van der Waals surface area contributed by atoms with E-state index in [1.807, 2.05) is 4.72 Å². The van der Waals surface area contributed by atoms with E-state index >= 15 is 0 Å². The Morgan fingerprint density at radius 2 is 1.76 bits per heavy atom. The summed E-state index contributed by atoms with van der Waals surface area (Å²) in [6.45, 7) is 0. The molecule has 0 heterocycles. The third kappa shape index (κ3) is 4.03. The summed E-state index contributed by atoms with van der Waals surface area (Å²) in [6.07, 6.45) is 0. The van der Waals surface area contributed by atoms with Crippen LogP contribution in [0.5, 0.6) is 0 Å². The van der Waals surface area contributed by atoms with Gasteiger partial charge in [-0.1, -0.05) is 18.2 Å². The highest BCUT2D eigenvalue weighted by Gasteiger charge is 2.14. The van der Waals surface area contributed by atoms with Crippen molar-refractivity contribution in [1.82, 2.24) is 0 Å². The Balaban J connectivity index is 2.30. The minimum atomic E-state index is -3.78. The highest BCUT2D eigenvalue weighted by molar-refractivity contribution is 7.93. The number of hydrogen-bond acceptors (Lipinski definition) is 3. The predicted molar refractivity (Wildman–Crippen MR) is 80.8 cm³/mol. The van der Waals surface area contributed by atoms with E-state index in [9.17, 15) is 17.0 Å². The van der Waals surface area contributed by atoms with Crippen LogP contribution in [0.2, 0.25) is 0 Å². The monoisotopic (exact) mass is 347 g/mol. The summed E-state index contributed by atoms with van der Waals surface area (Å²) < 4.78 is 50.7. The molecule has 0 saturated carbocycles. The molecule has 112 valence electrons. The van der Waals surface area contributed by atoms with Gasteiger partial charge in [0.1, 0.15) is 11.0 Å². The van der Waals surface area contributed by atoms with Crippen molar-refractivity contribution in [1.29, 1.82) is 0 Å². The molecule has 0 fully saturated rings. The van der Waals surface area contributed by atoms with Crippen molar-refractivity contribution in [2.24, 2.45) is 0 Å². The average molecular weight is 348 g/mol. The molecule has 0 aromatic heterocycles. The molecule has 0 amide bonds. The number of alkyl halides is 1. The lowest BCUT2D eigenvalue weighted by atomic mass is 10.3. The second kappa shape index (κ2) is 6.55. The van der Waals surface area contributed by atoms with Crippen LogP contribution in [0.4, 0.5) is 10.1 Å². The molecule has 1 atom stereocenters. The molecule has 1 unspecified atom stereocenters. The fourth-order valence-corrected chi connectivity index (χ4v) is 3.37.